The molecule has 0 saturated carbocycles. The van der Waals surface area contributed by atoms with Crippen LogP contribution in [-0.4, -0.2) is 0 Å². The second kappa shape index (κ2) is 7.06. The summed E-state index contributed by atoms with van der Waals surface area (Å²) in [6, 6.07) is 0. The van der Waals surface area contributed by atoms with E-state index in [0.29, 0.717) is 0 Å². The molecule has 0 heterocycles. The SMILES string of the molecule is C[C]1C(C)=C(C)C(C)=C1C.[Br][Ti]([Br])[Br]. The quantitative estimate of drug-likeness (QED) is 0.433. The van der Waals surface area contributed by atoms with Gasteiger partial charge in [-0.3, -0.25) is 0 Å². The van der Waals surface area contributed by atoms with E-state index in [1.54, 1.807) is 0 Å². The third kappa shape index (κ3) is 4.65. The Balaban J connectivity index is 0.000000364. The summed E-state index contributed by atoms with van der Waals surface area (Å²) in [4.78, 5) is 0. The van der Waals surface area contributed by atoms with Crippen molar-refractivity contribution < 1.29 is 11.6 Å². The van der Waals surface area contributed by atoms with Gasteiger partial charge in [-0.25, -0.2) is 0 Å². The van der Waals surface area contributed by atoms with E-state index in [2.05, 4.69) is 74.1 Å². The minimum absolute atomic E-state index is 0.896. The van der Waals surface area contributed by atoms with Gasteiger partial charge in [0, 0.05) is 5.92 Å². The summed E-state index contributed by atoms with van der Waals surface area (Å²) in [6.07, 6.45) is 0. The molecule has 0 N–H and O–H groups in total. The van der Waals surface area contributed by atoms with E-state index in [4.69, 9.17) is 0 Å². The van der Waals surface area contributed by atoms with Gasteiger partial charge in [0.25, 0.3) is 0 Å². The maximum absolute atomic E-state index is 3.27. The number of halogens is 3. The zero-order valence-corrected chi connectivity index (χ0v) is 15.5. The fourth-order valence-corrected chi connectivity index (χ4v) is 1.41. The number of hydrogen-bond donors (Lipinski definition) is 0. The van der Waals surface area contributed by atoms with Crippen LogP contribution in [0.25, 0.3) is 0 Å². The molecule has 0 aliphatic heterocycles. The van der Waals surface area contributed by atoms with Crippen molar-refractivity contribution in [2.75, 3.05) is 0 Å². The van der Waals surface area contributed by atoms with Crippen LogP contribution in [-0.2, 0) is 11.6 Å². The first-order valence-corrected chi connectivity index (χ1v) is 15.9. The Morgan fingerprint density at radius 3 is 0.929 bits per heavy atom. The van der Waals surface area contributed by atoms with Crippen LogP contribution in [0, 0.1) is 5.92 Å². The molecule has 0 fully saturated rings. The molecule has 0 saturated heterocycles. The zero-order chi connectivity index (χ0) is 11.5. The van der Waals surface area contributed by atoms with Gasteiger partial charge in [-0.15, -0.1) is 0 Å². The first-order chi connectivity index (χ1) is 6.29. The Kier molecular flexibility index (Phi) is 7.88. The first kappa shape index (κ1) is 15.6. The van der Waals surface area contributed by atoms with Gasteiger partial charge < -0.3 is 0 Å². The minimum atomic E-state index is -0.896. The molecular weight excluding hydrogens is 408 g/mol. The van der Waals surface area contributed by atoms with Crippen LogP contribution in [0.5, 0.6) is 0 Å². The Morgan fingerprint density at radius 2 is 0.857 bits per heavy atom. The van der Waals surface area contributed by atoms with E-state index in [0.717, 1.165) is 0 Å². The predicted molar refractivity (Wildman–Crippen MR) is 72.4 cm³/mol. The molecule has 0 atom stereocenters. The first-order valence-electron chi connectivity index (χ1n) is 4.32. The van der Waals surface area contributed by atoms with E-state index >= 15 is 0 Å². The predicted octanol–water partition coefficient (Wildman–Crippen LogP) is 5.80. The topological polar surface area (TPSA) is 0 Å². The van der Waals surface area contributed by atoms with Crippen molar-refractivity contribution in [1.82, 2.24) is 0 Å². The standard InChI is InChI=1S/C10H15.3BrH.Ti/c1-6-7(2)9(4)10(5)8(6)3;;;;/h1-5H3;3*1H;/q;;;;+3/p-3. The van der Waals surface area contributed by atoms with Gasteiger partial charge in [0.2, 0.25) is 0 Å². The Morgan fingerprint density at radius 1 is 0.643 bits per heavy atom. The molecule has 1 radical (unpaired) electrons. The van der Waals surface area contributed by atoms with Crippen molar-refractivity contribution in [2.45, 2.75) is 34.6 Å². The zero-order valence-electron chi connectivity index (χ0n) is 9.13. The van der Waals surface area contributed by atoms with Crippen LogP contribution in [0.2, 0.25) is 0 Å². The Bertz CT molecular complexity index is 240. The molecule has 0 spiro atoms. The van der Waals surface area contributed by atoms with Gasteiger partial charge in [-0.1, -0.05) is 18.1 Å². The molecule has 1 rings (SSSR count). The van der Waals surface area contributed by atoms with Crippen molar-refractivity contribution >= 4 is 39.5 Å². The average molecular weight is 423 g/mol. The second-order valence-corrected chi connectivity index (χ2v) is 27.0. The molecule has 80 valence electrons. The molecule has 0 aromatic rings. The van der Waals surface area contributed by atoms with Crippen LogP contribution >= 0.6 is 39.5 Å². The van der Waals surface area contributed by atoms with E-state index in [1.807, 2.05) is 0 Å². The average Bonchev–Trinajstić information content (AvgIpc) is 2.23. The Hall–Kier alpha value is 1.63. The summed E-state index contributed by atoms with van der Waals surface area (Å²) >= 11 is 8.92. The summed E-state index contributed by atoms with van der Waals surface area (Å²) in [5.41, 5.74) is 5.87. The van der Waals surface area contributed by atoms with Crippen LogP contribution in [0.15, 0.2) is 22.3 Å². The molecule has 0 unspecified atom stereocenters. The van der Waals surface area contributed by atoms with E-state index < -0.39 is 11.6 Å². The van der Waals surface area contributed by atoms with Gasteiger partial charge in [0.1, 0.15) is 0 Å². The molecule has 0 bridgehead atoms. The van der Waals surface area contributed by atoms with Gasteiger partial charge in [0.05, 0.1) is 0 Å². The second-order valence-electron chi connectivity index (χ2n) is 3.34. The maximum atomic E-state index is 3.27. The molecule has 0 aromatic carbocycles. The van der Waals surface area contributed by atoms with Gasteiger partial charge in [-0.2, -0.15) is 0 Å². The molecule has 4 heteroatoms. The molecule has 14 heavy (non-hydrogen) atoms. The Labute approximate surface area is 113 Å². The monoisotopic (exact) mass is 420 g/mol. The molecule has 1 aliphatic carbocycles. The fraction of sp³-hybridized carbons (Fsp3) is 0.500. The molecule has 0 aromatic heterocycles. The third-order valence-electron chi connectivity index (χ3n) is 2.81. The van der Waals surface area contributed by atoms with Gasteiger partial charge in [0.15, 0.2) is 0 Å². The normalized spacial score (nSPS) is 17.1. The van der Waals surface area contributed by atoms with Gasteiger partial charge in [-0.05, 0) is 38.8 Å². The summed E-state index contributed by atoms with van der Waals surface area (Å²) < 4.78 is 0. The fourth-order valence-electron chi connectivity index (χ4n) is 1.41. The van der Waals surface area contributed by atoms with Crippen molar-refractivity contribution in [2.24, 2.45) is 0 Å². The van der Waals surface area contributed by atoms with Crippen molar-refractivity contribution in [1.29, 1.82) is 0 Å². The van der Waals surface area contributed by atoms with Crippen LogP contribution in [0.4, 0.5) is 0 Å². The summed E-state index contributed by atoms with van der Waals surface area (Å²) in [7, 11) is 0. The third-order valence-corrected chi connectivity index (χ3v) is 2.81. The van der Waals surface area contributed by atoms with Crippen LogP contribution in [0.3, 0.4) is 0 Å². The van der Waals surface area contributed by atoms with Gasteiger partial charge >= 0.3 is 51.1 Å². The van der Waals surface area contributed by atoms with E-state index in [9.17, 15) is 0 Å². The number of hydrogen-bond acceptors (Lipinski definition) is 0. The van der Waals surface area contributed by atoms with Crippen molar-refractivity contribution in [3.8, 4) is 0 Å². The summed E-state index contributed by atoms with van der Waals surface area (Å²) in [5.74, 6) is 1.47. The summed E-state index contributed by atoms with van der Waals surface area (Å²) in [6.45, 7) is 11.0. The van der Waals surface area contributed by atoms with Crippen molar-refractivity contribution in [3.63, 3.8) is 0 Å². The van der Waals surface area contributed by atoms with E-state index in [1.165, 1.54) is 28.2 Å². The molecule has 0 nitrogen and oxygen atoms in total. The molecule has 1 aliphatic rings. The number of rotatable bonds is 0. The number of allylic oxidation sites excluding steroid dienone is 4. The molecule has 0 amide bonds. The van der Waals surface area contributed by atoms with Crippen LogP contribution < -0.4 is 0 Å². The molecular formula is C10H15Br3Ti. The van der Waals surface area contributed by atoms with Crippen molar-refractivity contribution in [3.05, 3.63) is 28.2 Å². The summed E-state index contributed by atoms with van der Waals surface area (Å²) in [5, 5.41) is 0. The van der Waals surface area contributed by atoms with E-state index in [-0.39, 0.29) is 0 Å². The van der Waals surface area contributed by atoms with Crippen LogP contribution in [0.1, 0.15) is 34.6 Å².